The van der Waals surface area contributed by atoms with Crippen LogP contribution < -0.4 is 21.5 Å². The highest BCUT2D eigenvalue weighted by atomic mass is 16.3. The summed E-state index contributed by atoms with van der Waals surface area (Å²) < 4.78 is 6.31. The van der Waals surface area contributed by atoms with E-state index in [1.165, 1.54) is 18.4 Å². The van der Waals surface area contributed by atoms with Crippen LogP contribution in [0.4, 0.5) is 5.69 Å². The van der Waals surface area contributed by atoms with Gasteiger partial charge in [-0.15, -0.1) is 0 Å². The van der Waals surface area contributed by atoms with Crippen molar-refractivity contribution in [3.63, 3.8) is 0 Å². The van der Waals surface area contributed by atoms with Gasteiger partial charge in [-0.3, -0.25) is 19.2 Å². The minimum absolute atomic E-state index is 0.00750. The average Bonchev–Trinajstić information content (AvgIpc) is 3.53. The maximum atomic E-state index is 12.3. The Morgan fingerprint density at radius 3 is 2.45 bits per heavy atom. The van der Waals surface area contributed by atoms with E-state index in [0.29, 0.717) is 22.7 Å². The molecule has 1 aromatic carbocycles. The van der Waals surface area contributed by atoms with Crippen molar-refractivity contribution in [1.29, 1.82) is 0 Å². The summed E-state index contributed by atoms with van der Waals surface area (Å²) in [5.41, 5.74) is 1.12. The molecule has 3 amide bonds. The zero-order valence-electron chi connectivity index (χ0n) is 17.7. The molecule has 0 unspecified atom stereocenters. The van der Waals surface area contributed by atoms with Crippen LogP contribution in [0.2, 0.25) is 0 Å². The Morgan fingerprint density at radius 1 is 1.00 bits per heavy atom. The molecule has 0 saturated heterocycles. The number of anilines is 1. The predicted octanol–water partition coefficient (Wildman–Crippen LogP) is 1.40. The van der Waals surface area contributed by atoms with E-state index in [1.54, 1.807) is 36.4 Å². The van der Waals surface area contributed by atoms with Gasteiger partial charge in [-0.05, 0) is 55.3 Å². The van der Waals surface area contributed by atoms with Crippen molar-refractivity contribution in [2.45, 2.75) is 19.4 Å². The fourth-order valence-electron chi connectivity index (χ4n) is 3.08. The van der Waals surface area contributed by atoms with E-state index in [2.05, 4.69) is 21.0 Å². The van der Waals surface area contributed by atoms with E-state index < -0.39 is 11.5 Å². The SMILES string of the molecule is O=C(Cn1nc(-c2ccco2)ccc1=O)NCCNC(=O)c1ccc(NC(=O)C2CC2)cc1. The number of furan rings is 1. The fourth-order valence-corrected chi connectivity index (χ4v) is 3.08. The van der Waals surface area contributed by atoms with Crippen molar-refractivity contribution in [2.24, 2.45) is 5.92 Å². The highest BCUT2D eigenvalue weighted by Crippen LogP contribution is 2.30. The Balaban J connectivity index is 1.21. The van der Waals surface area contributed by atoms with E-state index in [1.807, 2.05) is 0 Å². The zero-order valence-corrected chi connectivity index (χ0v) is 17.7. The van der Waals surface area contributed by atoms with Crippen LogP contribution in [-0.2, 0) is 16.1 Å². The number of benzene rings is 1. The number of nitrogens with zero attached hydrogens (tertiary/aromatic N) is 2. The Kier molecular flexibility index (Phi) is 6.63. The summed E-state index contributed by atoms with van der Waals surface area (Å²) in [4.78, 5) is 48.2. The molecule has 10 heteroatoms. The smallest absolute Gasteiger partial charge is 0.267 e. The molecule has 2 aromatic heterocycles. The first-order valence-electron chi connectivity index (χ1n) is 10.6. The van der Waals surface area contributed by atoms with Gasteiger partial charge in [-0.1, -0.05) is 0 Å². The van der Waals surface area contributed by atoms with Crippen LogP contribution in [0.25, 0.3) is 11.5 Å². The predicted molar refractivity (Wildman–Crippen MR) is 119 cm³/mol. The van der Waals surface area contributed by atoms with Crippen LogP contribution in [0.1, 0.15) is 23.2 Å². The lowest BCUT2D eigenvalue weighted by Gasteiger charge is -2.09. The number of carbonyl (C=O) groups excluding carboxylic acids is 3. The van der Waals surface area contributed by atoms with Crippen LogP contribution >= 0.6 is 0 Å². The van der Waals surface area contributed by atoms with E-state index in [-0.39, 0.29) is 37.4 Å². The van der Waals surface area contributed by atoms with Crippen molar-refractivity contribution in [3.8, 4) is 11.5 Å². The number of aromatic nitrogens is 2. The van der Waals surface area contributed by atoms with Gasteiger partial charge in [-0.2, -0.15) is 5.10 Å². The first-order valence-corrected chi connectivity index (χ1v) is 10.6. The summed E-state index contributed by atoms with van der Waals surface area (Å²) in [5, 5.41) is 12.3. The van der Waals surface area contributed by atoms with Gasteiger partial charge in [0, 0.05) is 36.3 Å². The number of carbonyl (C=O) groups is 3. The molecule has 1 saturated carbocycles. The van der Waals surface area contributed by atoms with Gasteiger partial charge in [0.25, 0.3) is 11.5 Å². The lowest BCUT2D eigenvalue weighted by atomic mass is 10.2. The zero-order chi connectivity index (χ0) is 23.2. The number of hydrogen-bond acceptors (Lipinski definition) is 6. The number of nitrogens with one attached hydrogen (secondary N) is 3. The first kappa shape index (κ1) is 22.0. The van der Waals surface area contributed by atoms with E-state index in [4.69, 9.17) is 4.42 Å². The first-order chi connectivity index (χ1) is 16.0. The molecule has 33 heavy (non-hydrogen) atoms. The van der Waals surface area contributed by atoms with E-state index in [0.717, 1.165) is 17.5 Å². The maximum absolute atomic E-state index is 12.3. The van der Waals surface area contributed by atoms with Crippen LogP contribution in [-0.4, -0.2) is 40.6 Å². The second kappa shape index (κ2) is 9.94. The molecule has 4 rings (SSSR count). The van der Waals surface area contributed by atoms with Crippen molar-refractivity contribution >= 4 is 23.4 Å². The lowest BCUT2D eigenvalue weighted by Crippen LogP contribution is -2.38. The summed E-state index contributed by atoms with van der Waals surface area (Å²) in [7, 11) is 0. The molecule has 0 spiro atoms. The van der Waals surface area contributed by atoms with Crippen LogP contribution in [0.5, 0.6) is 0 Å². The van der Waals surface area contributed by atoms with Gasteiger partial charge in [-0.25, -0.2) is 4.68 Å². The molecule has 3 aromatic rings. The minimum Gasteiger partial charge on any atom is -0.463 e. The molecule has 3 N–H and O–H groups in total. The summed E-state index contributed by atoms with van der Waals surface area (Å²) in [6, 6.07) is 12.9. The third-order valence-electron chi connectivity index (χ3n) is 5.03. The number of rotatable bonds is 9. The third-order valence-corrected chi connectivity index (χ3v) is 5.03. The van der Waals surface area contributed by atoms with Gasteiger partial charge in [0.05, 0.1) is 6.26 Å². The molecule has 0 atom stereocenters. The molecule has 0 radical (unpaired) electrons. The Hall–Kier alpha value is -4.21. The molecular weight excluding hydrogens is 426 g/mol. The monoisotopic (exact) mass is 449 g/mol. The van der Waals surface area contributed by atoms with Gasteiger partial charge in [0.2, 0.25) is 11.8 Å². The Morgan fingerprint density at radius 2 is 1.76 bits per heavy atom. The highest BCUT2D eigenvalue weighted by molar-refractivity contribution is 5.96. The molecule has 0 aliphatic heterocycles. The van der Waals surface area contributed by atoms with Gasteiger partial charge < -0.3 is 20.4 Å². The minimum atomic E-state index is -0.412. The van der Waals surface area contributed by atoms with Crippen molar-refractivity contribution in [2.75, 3.05) is 18.4 Å². The van der Waals surface area contributed by atoms with Gasteiger partial charge >= 0.3 is 0 Å². The maximum Gasteiger partial charge on any atom is 0.267 e. The largest absolute Gasteiger partial charge is 0.463 e. The van der Waals surface area contributed by atoms with Crippen molar-refractivity contribution < 1.29 is 18.8 Å². The quantitative estimate of drug-likeness (QED) is 0.423. The second-order valence-corrected chi connectivity index (χ2v) is 7.64. The summed E-state index contributed by atoms with van der Waals surface area (Å²) in [6.45, 7) is 0.140. The van der Waals surface area contributed by atoms with Crippen molar-refractivity contribution in [1.82, 2.24) is 20.4 Å². The Bertz CT molecular complexity index is 1200. The fraction of sp³-hybridized carbons (Fsp3) is 0.261. The van der Waals surface area contributed by atoms with Crippen LogP contribution in [0.3, 0.4) is 0 Å². The average molecular weight is 449 g/mol. The summed E-state index contributed by atoms with van der Waals surface area (Å²) in [6.07, 6.45) is 3.34. The van der Waals surface area contributed by atoms with Crippen LogP contribution in [0, 0.1) is 5.92 Å². The molecule has 0 bridgehead atoms. The topological polar surface area (TPSA) is 135 Å². The third kappa shape index (κ3) is 5.94. The molecule has 1 aliphatic rings. The number of amides is 3. The molecule has 1 fully saturated rings. The molecule has 2 heterocycles. The summed E-state index contributed by atoms with van der Waals surface area (Å²) >= 11 is 0. The second-order valence-electron chi connectivity index (χ2n) is 7.64. The van der Waals surface area contributed by atoms with Crippen LogP contribution in [0.15, 0.2) is 64.0 Å². The Labute approximate surface area is 189 Å². The molecular formula is C23H23N5O5. The van der Waals surface area contributed by atoms with E-state index in [9.17, 15) is 19.2 Å². The standard InChI is InChI=1S/C23H23N5O5/c29-20(14-28-21(30)10-9-18(27-28)19-2-1-13-33-19)24-11-12-25-22(31)15-5-7-17(8-6-15)26-23(32)16-3-4-16/h1-2,5-10,13,16H,3-4,11-12,14H2,(H,24,29)(H,25,31)(H,26,32). The van der Waals surface area contributed by atoms with E-state index >= 15 is 0 Å². The lowest BCUT2D eigenvalue weighted by molar-refractivity contribution is -0.122. The molecule has 10 nitrogen and oxygen atoms in total. The normalized spacial score (nSPS) is 12.7. The number of hydrogen-bond donors (Lipinski definition) is 3. The van der Waals surface area contributed by atoms with Gasteiger partial charge in [0.1, 0.15) is 12.2 Å². The summed E-state index contributed by atoms with van der Waals surface area (Å²) in [5.74, 6) is -0.101. The van der Waals surface area contributed by atoms with Crippen molar-refractivity contribution in [3.05, 3.63) is 70.7 Å². The van der Waals surface area contributed by atoms with Gasteiger partial charge in [0.15, 0.2) is 5.76 Å². The molecule has 170 valence electrons. The highest BCUT2D eigenvalue weighted by Gasteiger charge is 2.29. The molecule has 1 aliphatic carbocycles.